The van der Waals surface area contributed by atoms with Gasteiger partial charge in [-0.15, -0.1) is 0 Å². The number of fused-ring (bicyclic) bond motifs is 1. The van der Waals surface area contributed by atoms with Crippen LogP contribution in [0.15, 0.2) is 54.0 Å². The Labute approximate surface area is 250 Å². The summed E-state index contributed by atoms with van der Waals surface area (Å²) in [6.45, 7) is 5.13. The van der Waals surface area contributed by atoms with Crippen molar-refractivity contribution in [1.82, 2.24) is 9.47 Å². The summed E-state index contributed by atoms with van der Waals surface area (Å²) in [5, 5.41) is 8.09. The molecule has 230 valence electrons. The SMILES string of the molecule is C=C(O)c1cn(C2CC2)c2cc(N3CCN(C(=S)Oc4ccc(CC(P(=O)(O)O)P(=O)(O)O)cc4)CC3)c(F)cc2c1=O. The first-order valence-electron chi connectivity index (χ1n) is 13.3. The lowest BCUT2D eigenvalue weighted by atomic mass is 10.1. The summed E-state index contributed by atoms with van der Waals surface area (Å²) in [5.74, 6) is -0.590. The van der Waals surface area contributed by atoms with Crippen molar-refractivity contribution < 1.29 is 42.9 Å². The van der Waals surface area contributed by atoms with Gasteiger partial charge in [0.15, 0.2) is 10.8 Å². The molecule has 12 nitrogen and oxygen atoms in total. The number of piperazine rings is 1. The molecule has 5 rings (SSSR count). The van der Waals surface area contributed by atoms with E-state index >= 15 is 4.39 Å². The van der Waals surface area contributed by atoms with E-state index in [1.807, 2.05) is 9.47 Å². The van der Waals surface area contributed by atoms with Crippen LogP contribution in [0.4, 0.5) is 10.1 Å². The van der Waals surface area contributed by atoms with Crippen LogP contribution in [0.3, 0.4) is 0 Å². The van der Waals surface area contributed by atoms with Crippen LogP contribution in [0.2, 0.25) is 0 Å². The van der Waals surface area contributed by atoms with E-state index in [1.54, 1.807) is 17.2 Å². The first kappa shape index (κ1) is 31.3. The second-order valence-electron chi connectivity index (χ2n) is 10.6. The molecule has 1 aromatic heterocycles. The highest BCUT2D eigenvalue weighted by Gasteiger charge is 2.43. The minimum Gasteiger partial charge on any atom is -0.508 e. The van der Waals surface area contributed by atoms with Gasteiger partial charge in [-0.2, -0.15) is 0 Å². The van der Waals surface area contributed by atoms with E-state index in [-0.39, 0.29) is 27.9 Å². The highest BCUT2D eigenvalue weighted by Crippen LogP contribution is 2.60. The number of pyridine rings is 1. The number of nitrogens with zero attached hydrogens (tertiary/aromatic N) is 3. The van der Waals surface area contributed by atoms with E-state index in [0.29, 0.717) is 48.7 Å². The molecule has 0 spiro atoms. The van der Waals surface area contributed by atoms with Crippen molar-refractivity contribution in [2.45, 2.75) is 30.7 Å². The number of hydrogen-bond acceptors (Lipinski definition) is 7. The number of hydrogen-bond donors (Lipinski definition) is 5. The lowest BCUT2D eigenvalue weighted by Crippen LogP contribution is -2.49. The molecule has 43 heavy (non-hydrogen) atoms. The third-order valence-corrected chi connectivity index (χ3v) is 11.6. The molecule has 1 saturated carbocycles. The Hall–Kier alpha value is -3.09. The van der Waals surface area contributed by atoms with E-state index in [2.05, 4.69) is 6.58 Å². The molecule has 3 aromatic rings. The minimum absolute atomic E-state index is 0.0507. The molecule has 5 N–H and O–H groups in total. The van der Waals surface area contributed by atoms with Crippen LogP contribution >= 0.6 is 27.4 Å². The number of thiocarbonyl (C=S) groups is 1. The Morgan fingerprint density at radius 2 is 1.65 bits per heavy atom. The third-order valence-electron chi connectivity index (χ3n) is 7.55. The average Bonchev–Trinajstić information content (AvgIpc) is 3.77. The van der Waals surface area contributed by atoms with Gasteiger partial charge in [-0.05, 0) is 61.3 Å². The van der Waals surface area contributed by atoms with Crippen molar-refractivity contribution in [2.24, 2.45) is 0 Å². The number of ether oxygens (including phenoxy) is 1. The third kappa shape index (κ3) is 6.86. The first-order chi connectivity index (χ1) is 20.1. The number of anilines is 1. The fraction of sp³-hybridized carbons (Fsp3) is 0.333. The Morgan fingerprint density at radius 3 is 2.19 bits per heavy atom. The molecule has 0 radical (unpaired) electrons. The summed E-state index contributed by atoms with van der Waals surface area (Å²) < 4.78 is 46.1. The fourth-order valence-corrected chi connectivity index (χ4v) is 7.84. The zero-order chi connectivity index (χ0) is 31.3. The highest BCUT2D eigenvalue weighted by molar-refractivity contribution is 7.80. The standard InChI is InChI=1S/C27H30FN3O9P2S/c1-16(32)21-15-31(18-4-5-18)23-14-24(22(28)13-20(23)26(21)33)29-8-10-30(11-9-29)27(43)40-19-6-2-17(3-7-19)12-25(41(34,35)36)42(37,38)39/h2-3,6-7,13-15,18,25,32H,1,4-5,8-12H2,(H2,34,35,36)(H2,37,38,39). The predicted molar refractivity (Wildman–Crippen MR) is 163 cm³/mol. The molecule has 1 aliphatic heterocycles. The van der Waals surface area contributed by atoms with Crippen LogP contribution in [0.5, 0.6) is 5.75 Å². The Kier molecular flexibility index (Phi) is 8.58. The van der Waals surface area contributed by atoms with Crippen molar-refractivity contribution in [3.05, 3.63) is 76.3 Å². The zero-order valence-corrected chi connectivity index (χ0v) is 25.3. The number of aromatic nitrogens is 1. The van der Waals surface area contributed by atoms with Gasteiger partial charge >= 0.3 is 15.2 Å². The topological polar surface area (TPSA) is 173 Å². The van der Waals surface area contributed by atoms with Crippen molar-refractivity contribution >= 4 is 54.9 Å². The van der Waals surface area contributed by atoms with Crippen molar-refractivity contribution in [2.75, 3.05) is 31.1 Å². The van der Waals surface area contributed by atoms with Crippen LogP contribution in [0.1, 0.15) is 30.0 Å². The van der Waals surface area contributed by atoms with Crippen molar-refractivity contribution in [1.29, 1.82) is 0 Å². The molecule has 2 fully saturated rings. The van der Waals surface area contributed by atoms with E-state index < -0.39 is 38.3 Å². The largest absolute Gasteiger partial charge is 0.508 e. The number of benzene rings is 2. The lowest BCUT2D eigenvalue weighted by Gasteiger charge is -2.37. The van der Waals surface area contributed by atoms with E-state index in [0.717, 1.165) is 12.8 Å². The van der Waals surface area contributed by atoms with E-state index in [1.165, 1.54) is 30.3 Å². The summed E-state index contributed by atoms with van der Waals surface area (Å²) in [6, 6.07) is 8.90. The lowest BCUT2D eigenvalue weighted by molar-refractivity contribution is 0.330. The van der Waals surface area contributed by atoms with Gasteiger partial charge in [0.25, 0.3) is 5.17 Å². The van der Waals surface area contributed by atoms with Gasteiger partial charge in [0, 0.05) is 43.8 Å². The number of aliphatic hydroxyl groups excluding tert-OH is 1. The molecule has 0 bridgehead atoms. The Morgan fingerprint density at radius 1 is 1.05 bits per heavy atom. The van der Waals surface area contributed by atoms with Crippen molar-refractivity contribution in [3.63, 3.8) is 0 Å². The maximum absolute atomic E-state index is 15.3. The van der Waals surface area contributed by atoms with Gasteiger partial charge in [0.05, 0.1) is 16.8 Å². The molecule has 2 heterocycles. The molecule has 1 saturated heterocycles. The summed E-state index contributed by atoms with van der Waals surface area (Å²) >= 11 is 5.44. The van der Waals surface area contributed by atoms with Crippen LogP contribution in [0, 0.1) is 5.82 Å². The maximum Gasteiger partial charge on any atom is 0.341 e. The van der Waals surface area contributed by atoms with Crippen molar-refractivity contribution in [3.8, 4) is 5.75 Å². The smallest absolute Gasteiger partial charge is 0.341 e. The van der Waals surface area contributed by atoms with Crippen LogP contribution < -0.4 is 15.1 Å². The van der Waals surface area contributed by atoms with Gasteiger partial charge in [0.2, 0.25) is 0 Å². The Balaban J connectivity index is 1.25. The normalized spacial score (nSPS) is 16.1. The molecule has 2 aromatic carbocycles. The quantitative estimate of drug-likeness (QED) is 0.136. The molecule has 16 heteroatoms. The van der Waals surface area contributed by atoms with Crippen LogP contribution in [-0.2, 0) is 15.6 Å². The molecule has 0 atom stereocenters. The molecule has 0 unspecified atom stereocenters. The number of aliphatic hydroxyl groups is 1. The van der Waals surface area contributed by atoms with Crippen LogP contribution in [0.25, 0.3) is 16.7 Å². The summed E-state index contributed by atoms with van der Waals surface area (Å²) in [7, 11) is -10.1. The van der Waals surface area contributed by atoms with Gasteiger partial charge in [0.1, 0.15) is 17.3 Å². The zero-order valence-electron chi connectivity index (χ0n) is 22.7. The van der Waals surface area contributed by atoms with Gasteiger partial charge in [-0.1, -0.05) is 18.7 Å². The van der Waals surface area contributed by atoms with Gasteiger partial charge < -0.3 is 43.8 Å². The second-order valence-corrected chi connectivity index (χ2v) is 15.0. The number of rotatable bonds is 8. The molecular formula is C27H30FN3O9P2S. The molecule has 0 amide bonds. The summed E-state index contributed by atoms with van der Waals surface area (Å²) in [4.78, 5) is 53.9. The molecule has 2 aliphatic rings. The van der Waals surface area contributed by atoms with Crippen LogP contribution in [-0.4, -0.2) is 70.9 Å². The van der Waals surface area contributed by atoms with Gasteiger partial charge in [-0.3, -0.25) is 13.9 Å². The molecule has 1 aliphatic carbocycles. The Bertz CT molecular complexity index is 1720. The number of halogens is 1. The van der Waals surface area contributed by atoms with Gasteiger partial charge in [-0.25, -0.2) is 4.39 Å². The average molecular weight is 654 g/mol. The monoisotopic (exact) mass is 653 g/mol. The van der Waals surface area contributed by atoms with E-state index in [9.17, 15) is 38.6 Å². The predicted octanol–water partition coefficient (Wildman–Crippen LogP) is 3.71. The molecular weight excluding hydrogens is 623 g/mol. The minimum atomic E-state index is -5.05. The first-order valence-corrected chi connectivity index (χ1v) is 17.1. The summed E-state index contributed by atoms with van der Waals surface area (Å²) in [6.07, 6.45) is 2.89. The van der Waals surface area contributed by atoms with E-state index in [4.69, 9.17) is 17.0 Å². The fourth-order valence-electron chi connectivity index (χ4n) is 5.09. The highest BCUT2D eigenvalue weighted by atomic mass is 32.1. The second kappa shape index (κ2) is 11.8. The maximum atomic E-state index is 15.3. The summed E-state index contributed by atoms with van der Waals surface area (Å²) in [5.41, 5.74) is 0.809.